The Bertz CT molecular complexity index is 426. The molecule has 18 heavy (non-hydrogen) atoms. The summed E-state index contributed by atoms with van der Waals surface area (Å²) in [5.41, 5.74) is -0.358. The number of hydrogen-bond acceptors (Lipinski definition) is 5. The number of ketones is 1. The molecule has 1 rings (SSSR count). The molecule has 6 nitrogen and oxygen atoms in total. The number of aromatic nitrogens is 2. The van der Waals surface area contributed by atoms with Crippen LogP contribution in [0.2, 0.25) is 0 Å². The SMILES string of the molecule is CN(C(=O)OCC(=O)c1ncccn1)C(C)(C)C. The molecule has 1 aromatic heterocycles. The summed E-state index contributed by atoms with van der Waals surface area (Å²) < 4.78 is 4.90. The minimum absolute atomic E-state index is 0.0451. The highest BCUT2D eigenvalue weighted by Crippen LogP contribution is 2.11. The molecule has 0 N–H and O–H groups in total. The Balaban J connectivity index is 2.52. The van der Waals surface area contributed by atoms with Crippen LogP contribution in [0.15, 0.2) is 18.5 Å². The van der Waals surface area contributed by atoms with Gasteiger partial charge in [0, 0.05) is 25.0 Å². The lowest BCUT2D eigenvalue weighted by Crippen LogP contribution is -2.43. The number of hydrogen-bond donors (Lipinski definition) is 0. The maximum atomic E-state index is 11.6. The van der Waals surface area contributed by atoms with Crippen molar-refractivity contribution in [3.8, 4) is 0 Å². The van der Waals surface area contributed by atoms with Crippen molar-refractivity contribution in [2.45, 2.75) is 26.3 Å². The van der Waals surface area contributed by atoms with Gasteiger partial charge in [0.1, 0.15) is 0 Å². The number of rotatable bonds is 3. The third-order valence-electron chi connectivity index (χ3n) is 2.42. The number of Topliss-reactive ketones (excluding diaryl/α,β-unsaturated/α-hetero) is 1. The highest BCUT2D eigenvalue weighted by atomic mass is 16.6. The van der Waals surface area contributed by atoms with Crippen molar-refractivity contribution in [2.75, 3.05) is 13.7 Å². The number of nitrogens with zero attached hydrogens (tertiary/aromatic N) is 3. The van der Waals surface area contributed by atoms with Crippen LogP contribution in [0.25, 0.3) is 0 Å². The Morgan fingerprint density at radius 1 is 1.28 bits per heavy atom. The van der Waals surface area contributed by atoms with Crippen LogP contribution in [0, 0.1) is 0 Å². The predicted octanol–water partition coefficient (Wildman–Crippen LogP) is 1.53. The molecular weight excluding hydrogens is 234 g/mol. The smallest absolute Gasteiger partial charge is 0.410 e. The molecule has 0 aliphatic carbocycles. The lowest BCUT2D eigenvalue weighted by Gasteiger charge is -2.30. The summed E-state index contributed by atoms with van der Waals surface area (Å²) in [5.74, 6) is -0.380. The van der Waals surface area contributed by atoms with Gasteiger partial charge in [-0.25, -0.2) is 14.8 Å². The molecule has 0 saturated heterocycles. The van der Waals surface area contributed by atoms with Crippen LogP contribution in [0.4, 0.5) is 4.79 Å². The van der Waals surface area contributed by atoms with E-state index in [1.54, 1.807) is 13.1 Å². The van der Waals surface area contributed by atoms with Gasteiger partial charge in [-0.05, 0) is 26.8 Å². The first kappa shape index (κ1) is 14.1. The quantitative estimate of drug-likeness (QED) is 0.762. The summed E-state index contributed by atoms with van der Waals surface area (Å²) in [6, 6.07) is 1.61. The van der Waals surface area contributed by atoms with Gasteiger partial charge >= 0.3 is 6.09 Å². The van der Waals surface area contributed by atoms with Crippen LogP contribution < -0.4 is 0 Å². The van der Waals surface area contributed by atoms with Gasteiger partial charge in [-0.2, -0.15) is 0 Å². The predicted molar refractivity (Wildman–Crippen MR) is 65.2 cm³/mol. The fourth-order valence-corrected chi connectivity index (χ4v) is 1.01. The fraction of sp³-hybridized carbons (Fsp3) is 0.500. The maximum Gasteiger partial charge on any atom is 0.410 e. The molecule has 0 aliphatic heterocycles. The van der Waals surface area contributed by atoms with Gasteiger partial charge in [0.15, 0.2) is 12.4 Å². The van der Waals surface area contributed by atoms with Gasteiger partial charge < -0.3 is 9.64 Å². The topological polar surface area (TPSA) is 72.4 Å². The van der Waals surface area contributed by atoms with Crippen molar-refractivity contribution in [1.29, 1.82) is 0 Å². The summed E-state index contributed by atoms with van der Waals surface area (Å²) in [6.07, 6.45) is 2.37. The molecule has 0 atom stereocenters. The molecule has 0 fully saturated rings. The van der Waals surface area contributed by atoms with Crippen molar-refractivity contribution < 1.29 is 14.3 Å². The number of carbonyl (C=O) groups is 2. The van der Waals surface area contributed by atoms with E-state index in [-0.39, 0.29) is 18.0 Å². The normalized spacial score (nSPS) is 10.9. The fourth-order valence-electron chi connectivity index (χ4n) is 1.01. The summed E-state index contributed by atoms with van der Waals surface area (Å²) in [6.45, 7) is 5.26. The molecule has 1 aromatic rings. The van der Waals surface area contributed by atoms with Crippen molar-refractivity contribution in [3.63, 3.8) is 0 Å². The third-order valence-corrected chi connectivity index (χ3v) is 2.42. The summed E-state index contributed by atoms with van der Waals surface area (Å²) in [4.78, 5) is 32.2. The van der Waals surface area contributed by atoms with Gasteiger partial charge in [0.2, 0.25) is 5.78 Å². The lowest BCUT2D eigenvalue weighted by atomic mass is 10.1. The van der Waals surface area contributed by atoms with E-state index in [4.69, 9.17) is 4.74 Å². The van der Waals surface area contributed by atoms with E-state index in [0.29, 0.717) is 0 Å². The highest BCUT2D eigenvalue weighted by molar-refractivity contribution is 5.94. The third kappa shape index (κ3) is 3.80. The average Bonchev–Trinajstić information content (AvgIpc) is 2.34. The Hall–Kier alpha value is -1.98. The van der Waals surface area contributed by atoms with E-state index in [2.05, 4.69) is 9.97 Å². The molecule has 0 spiro atoms. The monoisotopic (exact) mass is 251 g/mol. The second kappa shape index (κ2) is 5.57. The zero-order chi connectivity index (χ0) is 13.8. The molecule has 1 amide bonds. The van der Waals surface area contributed by atoms with Crippen molar-refractivity contribution >= 4 is 11.9 Å². The van der Waals surface area contributed by atoms with Crippen molar-refractivity contribution in [3.05, 3.63) is 24.3 Å². The van der Waals surface area contributed by atoms with Crippen molar-refractivity contribution in [2.24, 2.45) is 0 Å². The van der Waals surface area contributed by atoms with Gasteiger partial charge in [-0.15, -0.1) is 0 Å². The zero-order valence-corrected chi connectivity index (χ0v) is 11.0. The molecule has 6 heteroatoms. The molecule has 1 heterocycles. The van der Waals surface area contributed by atoms with Crippen LogP contribution in [0.3, 0.4) is 0 Å². The van der Waals surface area contributed by atoms with E-state index in [1.807, 2.05) is 20.8 Å². The zero-order valence-electron chi connectivity index (χ0n) is 11.0. The molecule has 0 aliphatic rings. The van der Waals surface area contributed by atoms with Crippen LogP contribution >= 0.6 is 0 Å². The standard InChI is InChI=1S/C12H17N3O3/c1-12(2,3)15(4)11(17)18-8-9(16)10-13-6-5-7-14-10/h5-7H,8H2,1-4H3. The van der Waals surface area contributed by atoms with Crippen LogP contribution in [0.1, 0.15) is 31.4 Å². The van der Waals surface area contributed by atoms with Crippen LogP contribution in [-0.2, 0) is 4.74 Å². The summed E-state index contributed by atoms with van der Waals surface area (Å²) in [5, 5.41) is 0. The summed E-state index contributed by atoms with van der Waals surface area (Å²) >= 11 is 0. The van der Waals surface area contributed by atoms with Gasteiger partial charge in [0.05, 0.1) is 0 Å². The Labute approximate surface area is 106 Å². The average molecular weight is 251 g/mol. The second-order valence-electron chi connectivity index (χ2n) is 4.78. The lowest BCUT2D eigenvalue weighted by molar-refractivity contribution is 0.0660. The first-order chi connectivity index (χ1) is 8.32. The van der Waals surface area contributed by atoms with Gasteiger partial charge in [-0.3, -0.25) is 4.79 Å². The summed E-state index contributed by atoms with van der Waals surface area (Å²) in [7, 11) is 1.62. The molecule has 0 aromatic carbocycles. The molecule has 0 saturated carbocycles. The van der Waals surface area contributed by atoms with Gasteiger partial charge in [-0.1, -0.05) is 0 Å². The minimum atomic E-state index is -0.549. The van der Waals surface area contributed by atoms with Crippen molar-refractivity contribution in [1.82, 2.24) is 14.9 Å². The molecule has 98 valence electrons. The highest BCUT2D eigenvalue weighted by Gasteiger charge is 2.24. The Morgan fingerprint density at radius 3 is 2.33 bits per heavy atom. The Morgan fingerprint density at radius 2 is 1.83 bits per heavy atom. The number of amides is 1. The number of ether oxygens (including phenoxy) is 1. The maximum absolute atomic E-state index is 11.6. The molecule has 0 radical (unpaired) electrons. The van der Waals surface area contributed by atoms with E-state index in [1.165, 1.54) is 17.3 Å². The van der Waals surface area contributed by atoms with E-state index >= 15 is 0 Å². The Kier molecular flexibility index (Phi) is 4.36. The molecular formula is C12H17N3O3. The van der Waals surface area contributed by atoms with Crippen LogP contribution in [0.5, 0.6) is 0 Å². The second-order valence-corrected chi connectivity index (χ2v) is 4.78. The van der Waals surface area contributed by atoms with E-state index in [9.17, 15) is 9.59 Å². The van der Waals surface area contributed by atoms with E-state index < -0.39 is 11.9 Å². The van der Waals surface area contributed by atoms with E-state index in [0.717, 1.165) is 0 Å². The number of carbonyl (C=O) groups excluding carboxylic acids is 2. The molecule has 0 unspecified atom stereocenters. The van der Waals surface area contributed by atoms with Crippen LogP contribution in [-0.4, -0.2) is 45.9 Å². The first-order valence-electron chi connectivity index (χ1n) is 5.53. The first-order valence-corrected chi connectivity index (χ1v) is 5.53. The molecule has 0 bridgehead atoms. The minimum Gasteiger partial charge on any atom is -0.441 e. The largest absolute Gasteiger partial charge is 0.441 e. The van der Waals surface area contributed by atoms with Gasteiger partial charge in [0.25, 0.3) is 0 Å².